The summed E-state index contributed by atoms with van der Waals surface area (Å²) in [6.45, 7) is 7.85. The van der Waals surface area contributed by atoms with Crippen LogP contribution in [-0.2, 0) is 11.3 Å². The Kier molecular flexibility index (Phi) is 7.00. The summed E-state index contributed by atoms with van der Waals surface area (Å²) in [6, 6.07) is 16.6. The maximum Gasteiger partial charge on any atom is 0.190 e. The van der Waals surface area contributed by atoms with Crippen molar-refractivity contribution in [3.63, 3.8) is 0 Å². The van der Waals surface area contributed by atoms with Gasteiger partial charge in [0, 0.05) is 37.1 Å². The summed E-state index contributed by atoms with van der Waals surface area (Å²) < 4.78 is 13.3. The number of aryl methyl sites for hydroxylation is 1. The van der Waals surface area contributed by atoms with Crippen LogP contribution in [0.4, 0.5) is 5.69 Å². The molecule has 0 amide bonds. The lowest BCUT2D eigenvalue weighted by molar-refractivity contribution is 0.0369. The first-order chi connectivity index (χ1) is 14.7. The molecule has 30 heavy (non-hydrogen) atoms. The summed E-state index contributed by atoms with van der Waals surface area (Å²) in [5, 5.41) is 2.21. The van der Waals surface area contributed by atoms with Crippen molar-refractivity contribution in [1.82, 2.24) is 9.47 Å². The van der Waals surface area contributed by atoms with E-state index < -0.39 is 0 Å². The smallest absolute Gasteiger partial charge is 0.190 e. The predicted octanol–water partition coefficient (Wildman–Crippen LogP) is 4.49. The molecule has 1 fully saturated rings. The molecule has 0 spiro atoms. The highest BCUT2D eigenvalue weighted by Crippen LogP contribution is 2.25. The zero-order chi connectivity index (χ0) is 20.8. The molecule has 0 saturated carbocycles. The van der Waals surface area contributed by atoms with Crippen LogP contribution in [0.3, 0.4) is 0 Å². The normalized spacial score (nSPS) is 15.5. The molecule has 0 aliphatic carbocycles. The molecule has 1 aliphatic rings. The Hall–Kier alpha value is -2.41. The molecule has 1 saturated heterocycles. The van der Waals surface area contributed by atoms with E-state index in [1.165, 1.54) is 11.3 Å². The Morgan fingerprint density at radius 1 is 1.07 bits per heavy atom. The van der Waals surface area contributed by atoms with Crippen molar-refractivity contribution in [2.45, 2.75) is 19.9 Å². The fraction of sp³-hybridized carbons (Fsp3) is 0.375. The third kappa shape index (κ3) is 5.01. The number of methoxy groups -OCH3 is 1. The van der Waals surface area contributed by atoms with E-state index in [1.54, 1.807) is 18.4 Å². The predicted molar refractivity (Wildman–Crippen MR) is 123 cm³/mol. The van der Waals surface area contributed by atoms with E-state index in [9.17, 15) is 0 Å². The van der Waals surface area contributed by atoms with Crippen LogP contribution < -0.4 is 9.54 Å². The Bertz CT molecular complexity index is 1030. The van der Waals surface area contributed by atoms with E-state index in [-0.39, 0.29) is 0 Å². The van der Waals surface area contributed by atoms with Crippen LogP contribution in [0.1, 0.15) is 12.0 Å². The van der Waals surface area contributed by atoms with Gasteiger partial charge in [0.05, 0.1) is 31.7 Å². The summed E-state index contributed by atoms with van der Waals surface area (Å²) >= 11 is 1.70. The van der Waals surface area contributed by atoms with Crippen molar-refractivity contribution >= 4 is 17.0 Å². The summed E-state index contributed by atoms with van der Waals surface area (Å²) in [6.07, 6.45) is 1.08. The van der Waals surface area contributed by atoms with Gasteiger partial charge >= 0.3 is 0 Å². The Labute approximate surface area is 182 Å². The minimum Gasteiger partial charge on any atom is -0.497 e. The first kappa shape index (κ1) is 20.8. The highest BCUT2D eigenvalue weighted by Gasteiger charge is 2.12. The maximum atomic E-state index is 5.48. The highest BCUT2D eigenvalue weighted by molar-refractivity contribution is 7.07. The minimum atomic E-state index is 0.842. The van der Waals surface area contributed by atoms with Crippen LogP contribution in [-0.4, -0.2) is 49.4 Å². The molecular weight excluding hydrogens is 394 g/mol. The minimum absolute atomic E-state index is 0.842. The Morgan fingerprint density at radius 3 is 2.70 bits per heavy atom. The number of nitrogens with zero attached hydrogens (tertiary/aromatic N) is 3. The molecule has 0 unspecified atom stereocenters. The van der Waals surface area contributed by atoms with Crippen molar-refractivity contribution in [3.8, 4) is 17.0 Å². The molecule has 0 radical (unpaired) electrons. The Balaban J connectivity index is 1.65. The molecule has 0 atom stereocenters. The molecule has 1 aromatic heterocycles. The zero-order valence-electron chi connectivity index (χ0n) is 17.7. The second-order valence-corrected chi connectivity index (χ2v) is 8.33. The SMILES string of the molecule is COc1cccc(-c2csc(=Nc3ccccc3C)n2CCCN2CCOCC2)c1. The molecule has 3 aromatic rings. The number of morpholine rings is 1. The zero-order valence-corrected chi connectivity index (χ0v) is 18.5. The average Bonchev–Trinajstić information content (AvgIpc) is 3.18. The van der Waals surface area contributed by atoms with Crippen LogP contribution in [0.15, 0.2) is 58.9 Å². The van der Waals surface area contributed by atoms with Gasteiger partial charge in [0.2, 0.25) is 0 Å². The second kappa shape index (κ2) is 10.1. The van der Waals surface area contributed by atoms with Crippen molar-refractivity contribution in [2.24, 2.45) is 4.99 Å². The van der Waals surface area contributed by atoms with Gasteiger partial charge in [-0.3, -0.25) is 4.90 Å². The van der Waals surface area contributed by atoms with E-state index >= 15 is 0 Å². The van der Waals surface area contributed by atoms with E-state index in [0.29, 0.717) is 0 Å². The lowest BCUT2D eigenvalue weighted by atomic mass is 10.1. The lowest BCUT2D eigenvalue weighted by Crippen LogP contribution is -2.37. The highest BCUT2D eigenvalue weighted by atomic mass is 32.1. The van der Waals surface area contributed by atoms with E-state index in [1.807, 2.05) is 18.2 Å². The molecule has 2 heterocycles. The Morgan fingerprint density at radius 2 is 1.90 bits per heavy atom. The van der Waals surface area contributed by atoms with Gasteiger partial charge in [-0.25, -0.2) is 4.99 Å². The van der Waals surface area contributed by atoms with E-state index in [4.69, 9.17) is 14.5 Å². The largest absolute Gasteiger partial charge is 0.497 e. The quantitative estimate of drug-likeness (QED) is 0.562. The molecule has 0 bridgehead atoms. The summed E-state index contributed by atoms with van der Waals surface area (Å²) in [5.74, 6) is 0.871. The summed E-state index contributed by atoms with van der Waals surface area (Å²) in [4.78, 5) is 8.53. The van der Waals surface area contributed by atoms with Gasteiger partial charge in [0.1, 0.15) is 5.75 Å². The third-order valence-corrected chi connectivity index (χ3v) is 6.32. The van der Waals surface area contributed by atoms with Crippen LogP contribution in [0.5, 0.6) is 5.75 Å². The second-order valence-electron chi connectivity index (χ2n) is 7.49. The first-order valence-corrected chi connectivity index (χ1v) is 11.4. The van der Waals surface area contributed by atoms with Gasteiger partial charge in [0.15, 0.2) is 4.80 Å². The number of rotatable bonds is 7. The molecule has 5 nitrogen and oxygen atoms in total. The molecule has 1 aliphatic heterocycles. The molecule has 0 N–H and O–H groups in total. The molecular formula is C24H29N3O2S. The number of hydrogen-bond acceptors (Lipinski definition) is 5. The molecule has 158 valence electrons. The van der Waals surface area contributed by atoms with Crippen molar-refractivity contribution in [2.75, 3.05) is 40.0 Å². The number of hydrogen-bond donors (Lipinski definition) is 0. The fourth-order valence-electron chi connectivity index (χ4n) is 3.72. The van der Waals surface area contributed by atoms with Crippen LogP contribution >= 0.6 is 11.3 Å². The van der Waals surface area contributed by atoms with Crippen LogP contribution in [0.2, 0.25) is 0 Å². The fourth-order valence-corrected chi connectivity index (χ4v) is 4.67. The topological polar surface area (TPSA) is 39.0 Å². The molecule has 6 heteroatoms. The summed E-state index contributed by atoms with van der Waals surface area (Å²) in [7, 11) is 1.71. The first-order valence-electron chi connectivity index (χ1n) is 10.5. The van der Waals surface area contributed by atoms with Crippen molar-refractivity contribution < 1.29 is 9.47 Å². The summed E-state index contributed by atoms with van der Waals surface area (Å²) in [5.41, 5.74) is 4.56. The lowest BCUT2D eigenvalue weighted by Gasteiger charge is -2.26. The van der Waals surface area contributed by atoms with Gasteiger partial charge in [-0.15, -0.1) is 11.3 Å². The molecule has 2 aromatic carbocycles. The van der Waals surface area contributed by atoms with Crippen LogP contribution in [0, 0.1) is 6.92 Å². The van der Waals surface area contributed by atoms with Gasteiger partial charge in [0.25, 0.3) is 0 Å². The van der Waals surface area contributed by atoms with Gasteiger partial charge in [-0.05, 0) is 37.1 Å². The monoisotopic (exact) mass is 423 g/mol. The van der Waals surface area contributed by atoms with E-state index in [2.05, 4.69) is 52.1 Å². The number of benzene rings is 2. The number of para-hydroxylation sites is 1. The number of aromatic nitrogens is 1. The van der Waals surface area contributed by atoms with Crippen molar-refractivity contribution in [3.05, 3.63) is 64.3 Å². The number of ether oxygens (including phenoxy) is 2. The van der Waals surface area contributed by atoms with Crippen molar-refractivity contribution in [1.29, 1.82) is 0 Å². The van der Waals surface area contributed by atoms with Crippen LogP contribution in [0.25, 0.3) is 11.3 Å². The third-order valence-electron chi connectivity index (χ3n) is 5.45. The van der Waals surface area contributed by atoms with Gasteiger partial charge < -0.3 is 14.0 Å². The molecule has 4 rings (SSSR count). The van der Waals surface area contributed by atoms with Gasteiger partial charge in [-0.1, -0.05) is 30.3 Å². The average molecular weight is 424 g/mol. The number of thiazole rings is 1. The standard InChI is InChI=1S/C24H29N3O2S/c1-19-7-3-4-10-22(19)25-24-27(12-6-11-26-13-15-29-16-14-26)23(18-30-24)20-8-5-9-21(17-20)28-2/h3-5,7-10,17-18H,6,11-16H2,1-2H3. The maximum absolute atomic E-state index is 5.48. The van der Waals surface area contributed by atoms with Gasteiger partial charge in [-0.2, -0.15) is 0 Å². The van der Waals surface area contributed by atoms with E-state index in [0.717, 1.165) is 67.6 Å².